The molecule has 1 saturated carbocycles. The molecule has 3 heteroatoms. The van der Waals surface area contributed by atoms with E-state index in [-0.39, 0.29) is 12.2 Å². The van der Waals surface area contributed by atoms with Crippen molar-refractivity contribution in [3.05, 3.63) is 35.4 Å². The van der Waals surface area contributed by atoms with Crippen LogP contribution in [0.4, 0.5) is 0 Å². The fraction of sp³-hybridized carbons (Fsp3) is 0.533. The van der Waals surface area contributed by atoms with E-state index in [4.69, 9.17) is 9.84 Å². The van der Waals surface area contributed by atoms with Gasteiger partial charge in [-0.05, 0) is 18.4 Å². The molecule has 0 amide bonds. The van der Waals surface area contributed by atoms with Gasteiger partial charge in [0, 0.05) is 5.56 Å². The first-order chi connectivity index (χ1) is 8.76. The van der Waals surface area contributed by atoms with E-state index >= 15 is 0 Å². The number of nitrogens with zero attached hydrogens (tertiary/aromatic N) is 1. The van der Waals surface area contributed by atoms with Gasteiger partial charge in [-0.2, -0.15) is 5.26 Å². The third-order valence-electron chi connectivity index (χ3n) is 4.31. The highest BCUT2D eigenvalue weighted by Gasteiger charge is 2.71. The van der Waals surface area contributed by atoms with Crippen molar-refractivity contribution in [2.75, 3.05) is 0 Å². The molecule has 1 unspecified atom stereocenters. The molecule has 0 bridgehead atoms. The largest absolute Gasteiger partial charge is 0.392 e. The maximum absolute atomic E-state index is 9.53. The summed E-state index contributed by atoms with van der Waals surface area (Å²) in [6.45, 7) is 0.0336. The third kappa shape index (κ3) is 1.50. The molecule has 1 saturated heterocycles. The van der Waals surface area contributed by atoms with Crippen molar-refractivity contribution in [1.29, 1.82) is 5.26 Å². The van der Waals surface area contributed by atoms with Crippen LogP contribution < -0.4 is 0 Å². The predicted molar refractivity (Wildman–Crippen MR) is 66.6 cm³/mol. The van der Waals surface area contributed by atoms with Crippen LogP contribution in [-0.4, -0.2) is 10.7 Å². The number of benzene rings is 1. The monoisotopic (exact) mass is 243 g/mol. The van der Waals surface area contributed by atoms with E-state index in [1.165, 1.54) is 6.42 Å². The first-order valence-electron chi connectivity index (χ1n) is 6.58. The van der Waals surface area contributed by atoms with Crippen molar-refractivity contribution in [3.8, 4) is 6.07 Å². The number of rotatable bonds is 2. The maximum Gasteiger partial charge on any atom is 0.209 e. The predicted octanol–water partition coefficient (Wildman–Crippen LogP) is 2.63. The summed E-state index contributed by atoms with van der Waals surface area (Å²) in [5, 5.41) is 18.6. The van der Waals surface area contributed by atoms with Crippen molar-refractivity contribution in [3.63, 3.8) is 0 Å². The Morgan fingerprint density at radius 3 is 2.39 bits per heavy atom. The van der Waals surface area contributed by atoms with Crippen LogP contribution in [0.5, 0.6) is 0 Å². The Kier molecular flexibility index (Phi) is 2.65. The van der Waals surface area contributed by atoms with Crippen LogP contribution in [0.15, 0.2) is 24.3 Å². The number of hydrogen-bond donors (Lipinski definition) is 1. The molecule has 2 aliphatic rings. The van der Waals surface area contributed by atoms with E-state index in [0.717, 1.165) is 36.8 Å². The summed E-state index contributed by atoms with van der Waals surface area (Å²) in [7, 11) is 0. The normalized spacial score (nSPS) is 28.9. The van der Waals surface area contributed by atoms with Crippen LogP contribution in [-0.2, 0) is 16.9 Å². The van der Waals surface area contributed by atoms with E-state index in [9.17, 15) is 5.26 Å². The second-order valence-electron chi connectivity index (χ2n) is 5.31. The van der Waals surface area contributed by atoms with Gasteiger partial charge in [-0.1, -0.05) is 43.5 Å². The first-order valence-corrected chi connectivity index (χ1v) is 6.58. The van der Waals surface area contributed by atoms with Crippen LogP contribution >= 0.6 is 0 Å². The zero-order valence-electron chi connectivity index (χ0n) is 10.4. The summed E-state index contributed by atoms with van der Waals surface area (Å²) < 4.78 is 5.92. The highest BCUT2D eigenvalue weighted by molar-refractivity contribution is 5.42. The molecule has 1 aromatic carbocycles. The Bertz CT molecular complexity index is 482. The van der Waals surface area contributed by atoms with Gasteiger partial charge in [-0.15, -0.1) is 0 Å². The van der Waals surface area contributed by atoms with Gasteiger partial charge in [0.05, 0.1) is 6.61 Å². The van der Waals surface area contributed by atoms with Crippen LogP contribution in [0.2, 0.25) is 0 Å². The molecule has 18 heavy (non-hydrogen) atoms. The molecule has 1 heterocycles. The minimum atomic E-state index is -0.735. The molecule has 0 radical (unpaired) electrons. The van der Waals surface area contributed by atoms with Gasteiger partial charge in [0.25, 0.3) is 0 Å². The lowest BCUT2D eigenvalue weighted by molar-refractivity contribution is 0.229. The van der Waals surface area contributed by atoms with E-state index in [2.05, 4.69) is 6.07 Å². The van der Waals surface area contributed by atoms with Crippen LogP contribution in [0.3, 0.4) is 0 Å². The Hall–Kier alpha value is -1.37. The fourth-order valence-electron chi connectivity index (χ4n) is 3.20. The average molecular weight is 243 g/mol. The van der Waals surface area contributed by atoms with Gasteiger partial charge in [0.2, 0.25) is 5.60 Å². The number of aliphatic hydroxyl groups excluding tert-OH is 1. The molecule has 1 aliphatic heterocycles. The van der Waals surface area contributed by atoms with Crippen LogP contribution in [0.1, 0.15) is 43.2 Å². The number of aliphatic hydroxyl groups is 1. The minimum absolute atomic E-state index is 0.0336. The first kappa shape index (κ1) is 11.7. The van der Waals surface area contributed by atoms with E-state index < -0.39 is 5.60 Å². The second-order valence-corrected chi connectivity index (χ2v) is 5.31. The molecule has 94 valence electrons. The number of nitriles is 1. The SMILES string of the molecule is N#CC1(c2ccc(CO)cc2)OC12CCCCC2. The summed E-state index contributed by atoms with van der Waals surface area (Å²) in [4.78, 5) is 0. The van der Waals surface area contributed by atoms with Gasteiger partial charge in [-0.3, -0.25) is 0 Å². The lowest BCUT2D eigenvalue weighted by Crippen LogP contribution is -2.25. The quantitative estimate of drug-likeness (QED) is 0.812. The average Bonchev–Trinajstić information content (AvgIpc) is 3.08. The number of ether oxygens (including phenoxy) is 1. The van der Waals surface area contributed by atoms with Gasteiger partial charge >= 0.3 is 0 Å². The van der Waals surface area contributed by atoms with Gasteiger partial charge in [-0.25, -0.2) is 0 Å². The molecule has 3 rings (SSSR count). The molecule has 1 aromatic rings. The number of epoxide rings is 1. The zero-order chi connectivity index (χ0) is 12.6. The third-order valence-corrected chi connectivity index (χ3v) is 4.31. The fourth-order valence-corrected chi connectivity index (χ4v) is 3.20. The standard InChI is InChI=1S/C15H17NO2/c16-11-15(13-6-4-12(10-17)5-7-13)14(18-15)8-2-1-3-9-14/h4-7,17H,1-3,8-10H2. The lowest BCUT2D eigenvalue weighted by Gasteiger charge is -2.20. The molecular formula is C15H17NO2. The summed E-state index contributed by atoms with van der Waals surface area (Å²) >= 11 is 0. The summed E-state index contributed by atoms with van der Waals surface area (Å²) in [5.41, 5.74) is 0.830. The van der Waals surface area contributed by atoms with E-state index in [0.29, 0.717) is 0 Å². The van der Waals surface area contributed by atoms with Crippen molar-refractivity contribution in [2.24, 2.45) is 0 Å². The van der Waals surface area contributed by atoms with E-state index in [1.54, 1.807) is 0 Å². The van der Waals surface area contributed by atoms with Crippen molar-refractivity contribution in [1.82, 2.24) is 0 Å². The Morgan fingerprint density at radius 2 is 1.83 bits per heavy atom. The van der Waals surface area contributed by atoms with E-state index in [1.807, 2.05) is 24.3 Å². The van der Waals surface area contributed by atoms with Crippen LogP contribution in [0, 0.1) is 11.3 Å². The van der Waals surface area contributed by atoms with Crippen molar-refractivity contribution < 1.29 is 9.84 Å². The highest BCUT2D eigenvalue weighted by atomic mass is 16.6. The minimum Gasteiger partial charge on any atom is -0.392 e. The van der Waals surface area contributed by atoms with Gasteiger partial charge < -0.3 is 9.84 Å². The molecule has 1 aliphatic carbocycles. The van der Waals surface area contributed by atoms with Gasteiger partial charge in [0.15, 0.2) is 0 Å². The molecular weight excluding hydrogens is 226 g/mol. The smallest absolute Gasteiger partial charge is 0.209 e. The molecule has 1 spiro atoms. The summed E-state index contributed by atoms with van der Waals surface area (Å²) in [5.74, 6) is 0. The van der Waals surface area contributed by atoms with Gasteiger partial charge in [0.1, 0.15) is 11.7 Å². The highest BCUT2D eigenvalue weighted by Crippen LogP contribution is 2.62. The zero-order valence-corrected chi connectivity index (χ0v) is 10.4. The molecule has 3 nitrogen and oxygen atoms in total. The topological polar surface area (TPSA) is 56.5 Å². The Morgan fingerprint density at radius 1 is 1.17 bits per heavy atom. The maximum atomic E-state index is 9.53. The second kappa shape index (κ2) is 4.08. The Balaban J connectivity index is 1.91. The lowest BCUT2D eigenvalue weighted by atomic mass is 9.77. The van der Waals surface area contributed by atoms with Crippen LogP contribution in [0.25, 0.3) is 0 Å². The summed E-state index contributed by atoms with van der Waals surface area (Å²) in [6, 6.07) is 9.95. The van der Waals surface area contributed by atoms with Crippen molar-refractivity contribution in [2.45, 2.75) is 49.9 Å². The molecule has 1 atom stereocenters. The summed E-state index contributed by atoms with van der Waals surface area (Å²) in [6.07, 6.45) is 5.52. The Labute approximate surface area is 107 Å². The molecule has 1 N–H and O–H groups in total. The van der Waals surface area contributed by atoms with Crippen molar-refractivity contribution >= 4 is 0 Å². The molecule has 0 aromatic heterocycles. The molecule has 2 fully saturated rings. The number of hydrogen-bond acceptors (Lipinski definition) is 3.